The highest BCUT2D eigenvalue weighted by atomic mass is 32.2. The molecule has 0 bridgehead atoms. The summed E-state index contributed by atoms with van der Waals surface area (Å²) in [5, 5.41) is 12.3. The van der Waals surface area contributed by atoms with Gasteiger partial charge in [-0.25, -0.2) is 19.3 Å². The lowest BCUT2D eigenvalue weighted by molar-refractivity contribution is 0.627. The summed E-state index contributed by atoms with van der Waals surface area (Å²) in [4.78, 5) is 12.5. The lowest BCUT2D eigenvalue weighted by atomic mass is 10.2. The topological polar surface area (TPSA) is 107 Å². The highest BCUT2D eigenvalue weighted by molar-refractivity contribution is 8.01. The van der Waals surface area contributed by atoms with E-state index in [9.17, 15) is 4.39 Å². The predicted molar refractivity (Wildman–Crippen MR) is 109 cm³/mol. The Morgan fingerprint density at radius 3 is 2.86 bits per heavy atom. The molecule has 144 valence electrons. The Balaban J connectivity index is 1.24. The van der Waals surface area contributed by atoms with Crippen molar-refractivity contribution in [2.24, 2.45) is 0 Å². The second-order valence-corrected chi connectivity index (χ2v) is 8.24. The Morgan fingerprint density at radius 1 is 1.14 bits per heavy atom. The number of aromatic nitrogens is 6. The van der Waals surface area contributed by atoms with Crippen LogP contribution in [0.25, 0.3) is 11.2 Å². The van der Waals surface area contributed by atoms with Crippen LogP contribution >= 0.6 is 23.1 Å². The first-order valence-corrected chi connectivity index (χ1v) is 10.3. The standard InChI is InChI=1S/C17H17FN8S2/c18-12-4-2-11(3-5-12)8-20-16-24-25-17(28-16)27-7-1-6-26-10-23-13-14(19)21-9-22-15(13)26/h2-5,9-10H,1,6-8H2,(H,20,24)(H2,19,21,22). The largest absolute Gasteiger partial charge is 0.382 e. The van der Waals surface area contributed by atoms with Crippen molar-refractivity contribution in [3.05, 3.63) is 48.3 Å². The van der Waals surface area contributed by atoms with Gasteiger partial charge in [0.25, 0.3) is 0 Å². The van der Waals surface area contributed by atoms with Gasteiger partial charge in [-0.05, 0) is 24.1 Å². The van der Waals surface area contributed by atoms with E-state index in [0.29, 0.717) is 17.9 Å². The number of imidazole rings is 1. The average molecular weight is 417 g/mol. The zero-order valence-electron chi connectivity index (χ0n) is 14.7. The van der Waals surface area contributed by atoms with Crippen LogP contribution in [0, 0.1) is 5.82 Å². The summed E-state index contributed by atoms with van der Waals surface area (Å²) >= 11 is 3.17. The second kappa shape index (κ2) is 8.48. The molecule has 0 radical (unpaired) electrons. The smallest absolute Gasteiger partial charge is 0.206 e. The Morgan fingerprint density at radius 2 is 2.00 bits per heavy atom. The zero-order valence-corrected chi connectivity index (χ0v) is 16.4. The SMILES string of the molecule is Nc1ncnc2c1ncn2CCCSc1nnc(NCc2ccc(F)cc2)s1. The monoisotopic (exact) mass is 416 g/mol. The summed E-state index contributed by atoms with van der Waals surface area (Å²) in [6.07, 6.45) is 4.12. The quantitative estimate of drug-likeness (QED) is 0.333. The minimum Gasteiger partial charge on any atom is -0.382 e. The lowest BCUT2D eigenvalue weighted by Crippen LogP contribution is -2.00. The number of nitrogens with one attached hydrogen (secondary N) is 1. The predicted octanol–water partition coefficient (Wildman–Crippen LogP) is 3.19. The number of anilines is 2. The van der Waals surface area contributed by atoms with Crippen LogP contribution in [0.3, 0.4) is 0 Å². The highest BCUT2D eigenvalue weighted by Crippen LogP contribution is 2.26. The van der Waals surface area contributed by atoms with E-state index in [1.807, 2.05) is 4.57 Å². The third-order valence-electron chi connectivity index (χ3n) is 3.96. The van der Waals surface area contributed by atoms with Gasteiger partial charge in [-0.2, -0.15) is 0 Å². The van der Waals surface area contributed by atoms with Gasteiger partial charge in [0, 0.05) is 18.8 Å². The van der Waals surface area contributed by atoms with E-state index in [1.54, 1.807) is 30.2 Å². The molecule has 4 aromatic rings. The van der Waals surface area contributed by atoms with Crippen LogP contribution in [0.2, 0.25) is 0 Å². The molecule has 3 aromatic heterocycles. The fourth-order valence-corrected chi connectivity index (χ4v) is 4.32. The molecule has 0 spiro atoms. The molecule has 1 aromatic carbocycles. The molecule has 0 unspecified atom stereocenters. The molecule has 28 heavy (non-hydrogen) atoms. The van der Waals surface area contributed by atoms with Gasteiger partial charge in [0.1, 0.15) is 17.7 Å². The van der Waals surface area contributed by atoms with Gasteiger partial charge >= 0.3 is 0 Å². The maximum Gasteiger partial charge on any atom is 0.206 e. The number of benzene rings is 1. The molecule has 3 N–H and O–H groups in total. The Kier molecular flexibility index (Phi) is 5.63. The zero-order chi connectivity index (χ0) is 19.3. The molecule has 8 nitrogen and oxygen atoms in total. The van der Waals surface area contributed by atoms with E-state index in [1.165, 1.54) is 29.8 Å². The number of nitrogens with zero attached hydrogens (tertiary/aromatic N) is 6. The van der Waals surface area contributed by atoms with Gasteiger partial charge in [0.2, 0.25) is 5.13 Å². The number of aryl methyl sites for hydroxylation is 1. The molecule has 0 amide bonds. The summed E-state index contributed by atoms with van der Waals surface area (Å²) in [5.41, 5.74) is 8.18. The van der Waals surface area contributed by atoms with Crippen LogP contribution in [0.1, 0.15) is 12.0 Å². The number of hydrogen-bond donors (Lipinski definition) is 2. The molecular weight excluding hydrogens is 399 g/mol. The molecule has 11 heteroatoms. The van der Waals surface area contributed by atoms with Gasteiger partial charge in [0.15, 0.2) is 15.8 Å². The van der Waals surface area contributed by atoms with Crippen LogP contribution in [0.15, 0.2) is 41.3 Å². The fourth-order valence-electron chi connectivity index (χ4n) is 2.58. The van der Waals surface area contributed by atoms with E-state index >= 15 is 0 Å². The molecule has 0 aliphatic carbocycles. The maximum absolute atomic E-state index is 12.9. The van der Waals surface area contributed by atoms with E-state index in [-0.39, 0.29) is 5.82 Å². The van der Waals surface area contributed by atoms with Gasteiger partial charge < -0.3 is 15.6 Å². The van der Waals surface area contributed by atoms with Crippen molar-refractivity contribution in [1.82, 2.24) is 29.7 Å². The number of nitrogens with two attached hydrogens (primary N) is 1. The molecule has 0 atom stereocenters. The summed E-state index contributed by atoms with van der Waals surface area (Å²) in [6.45, 7) is 1.37. The van der Waals surface area contributed by atoms with Crippen molar-refractivity contribution in [2.75, 3.05) is 16.8 Å². The first-order valence-electron chi connectivity index (χ1n) is 8.55. The number of rotatable bonds is 8. The minimum absolute atomic E-state index is 0.238. The minimum atomic E-state index is -0.238. The Bertz CT molecular complexity index is 1060. The van der Waals surface area contributed by atoms with Crippen molar-refractivity contribution in [3.8, 4) is 0 Å². The number of halogens is 1. The van der Waals surface area contributed by atoms with Gasteiger partial charge in [-0.3, -0.25) is 0 Å². The summed E-state index contributed by atoms with van der Waals surface area (Å²) in [5.74, 6) is 1.05. The van der Waals surface area contributed by atoms with Crippen molar-refractivity contribution in [1.29, 1.82) is 0 Å². The first kappa shape index (κ1) is 18.6. The van der Waals surface area contributed by atoms with Crippen LogP contribution < -0.4 is 11.1 Å². The van der Waals surface area contributed by atoms with Gasteiger partial charge in [-0.15, -0.1) is 10.2 Å². The normalized spacial score (nSPS) is 11.2. The number of fused-ring (bicyclic) bond motifs is 1. The van der Waals surface area contributed by atoms with Crippen LogP contribution in [-0.2, 0) is 13.1 Å². The molecule has 0 fully saturated rings. The lowest BCUT2D eigenvalue weighted by Gasteiger charge is -2.03. The molecule has 4 rings (SSSR count). The van der Waals surface area contributed by atoms with Crippen LogP contribution in [0.4, 0.5) is 15.3 Å². The summed E-state index contributed by atoms with van der Waals surface area (Å²) in [7, 11) is 0. The van der Waals surface area contributed by atoms with Crippen molar-refractivity contribution < 1.29 is 4.39 Å². The van der Waals surface area contributed by atoms with E-state index in [4.69, 9.17) is 5.73 Å². The molecule has 0 saturated carbocycles. The average Bonchev–Trinajstić information content (AvgIpc) is 3.33. The molecule has 0 aliphatic rings. The summed E-state index contributed by atoms with van der Waals surface area (Å²) < 4.78 is 15.8. The second-order valence-electron chi connectivity index (χ2n) is 5.92. The maximum atomic E-state index is 12.9. The van der Waals surface area contributed by atoms with Gasteiger partial charge in [0.05, 0.1) is 6.33 Å². The molecule has 0 saturated heterocycles. The van der Waals surface area contributed by atoms with Crippen molar-refractivity contribution >= 4 is 45.2 Å². The Labute approximate surface area is 168 Å². The van der Waals surface area contributed by atoms with E-state index < -0.39 is 0 Å². The molecule has 3 heterocycles. The van der Waals surface area contributed by atoms with Crippen molar-refractivity contribution in [3.63, 3.8) is 0 Å². The summed E-state index contributed by atoms with van der Waals surface area (Å²) in [6, 6.07) is 6.39. The van der Waals surface area contributed by atoms with Crippen LogP contribution in [0.5, 0.6) is 0 Å². The van der Waals surface area contributed by atoms with Gasteiger partial charge in [-0.1, -0.05) is 35.2 Å². The molecule has 0 aliphatic heterocycles. The third kappa shape index (κ3) is 4.37. The third-order valence-corrected chi connectivity index (χ3v) is 6.06. The highest BCUT2D eigenvalue weighted by Gasteiger charge is 2.08. The number of hydrogen-bond acceptors (Lipinski definition) is 9. The van der Waals surface area contributed by atoms with Crippen LogP contribution in [-0.4, -0.2) is 35.5 Å². The number of thioether (sulfide) groups is 1. The Hall–Kier alpha value is -2.79. The first-order chi connectivity index (χ1) is 13.7. The fraction of sp³-hybridized carbons (Fsp3) is 0.235. The van der Waals surface area contributed by atoms with Crippen molar-refractivity contribution in [2.45, 2.75) is 23.8 Å². The van der Waals surface area contributed by atoms with E-state index in [0.717, 1.165) is 39.4 Å². The molecular formula is C17H17FN8S2. The van der Waals surface area contributed by atoms with E-state index in [2.05, 4.69) is 30.5 Å². The number of nitrogen functional groups attached to an aromatic ring is 1.